The average Bonchev–Trinajstić information content (AvgIpc) is 2.48. The number of hydrogen-bond donors (Lipinski definition) is 4. The number of quaternary nitrogens is 1. The maximum atomic E-state index is 13.0. The van der Waals surface area contributed by atoms with Crippen molar-refractivity contribution in [2.24, 2.45) is 0 Å². The summed E-state index contributed by atoms with van der Waals surface area (Å²) < 4.78 is 74.2. The van der Waals surface area contributed by atoms with Gasteiger partial charge in [0.15, 0.2) is 5.54 Å². The Morgan fingerprint density at radius 2 is 1.71 bits per heavy atom. The van der Waals surface area contributed by atoms with Crippen molar-refractivity contribution >= 4 is 24.4 Å². The van der Waals surface area contributed by atoms with E-state index in [4.69, 9.17) is 0 Å². The summed E-state index contributed by atoms with van der Waals surface area (Å²) in [4.78, 5) is 12.3. The molecule has 1 amide bonds. The van der Waals surface area contributed by atoms with Crippen LogP contribution in [-0.2, 0) is 6.18 Å². The zero-order valence-electron chi connectivity index (χ0n) is 15.4. The van der Waals surface area contributed by atoms with Gasteiger partial charge in [-0.2, -0.15) is 37.0 Å². The van der Waals surface area contributed by atoms with E-state index in [1.165, 1.54) is 20.8 Å². The lowest BCUT2D eigenvalue weighted by Gasteiger charge is -2.35. The molecule has 0 aliphatic rings. The summed E-state index contributed by atoms with van der Waals surface area (Å²) in [6.07, 6.45) is -10.6. The van der Waals surface area contributed by atoms with E-state index in [9.17, 15) is 36.3 Å². The SMILES string of the molecule is CC(C)(C)[N+](O)(S)Nc1cc(C(F)(F)F)ccc1C(=O)NCCCC(F)(F)F. The Bertz CT molecular complexity index is 699. The molecule has 1 aromatic carbocycles. The number of hydroxylamine groups is 1. The van der Waals surface area contributed by atoms with Crippen molar-refractivity contribution in [3.05, 3.63) is 29.3 Å². The number of carbonyl (C=O) groups is 1. The predicted molar refractivity (Wildman–Crippen MR) is 93.5 cm³/mol. The lowest BCUT2D eigenvalue weighted by Crippen LogP contribution is -2.54. The number of rotatable bonds is 6. The molecule has 160 valence electrons. The molecule has 3 N–H and O–H groups in total. The first-order chi connectivity index (χ1) is 12.4. The highest BCUT2D eigenvalue weighted by atomic mass is 32.1. The summed E-state index contributed by atoms with van der Waals surface area (Å²) in [6, 6.07) is 2.16. The van der Waals surface area contributed by atoms with E-state index in [-0.39, 0.29) is 24.2 Å². The fraction of sp³-hybridized carbons (Fsp3) is 0.562. The van der Waals surface area contributed by atoms with E-state index < -0.39 is 39.9 Å². The number of nitrogens with zero attached hydrogens (tertiary/aromatic N) is 1. The Hall–Kier alpha value is -1.66. The molecule has 1 atom stereocenters. The van der Waals surface area contributed by atoms with E-state index in [2.05, 4.69) is 23.6 Å². The molecule has 0 aromatic heterocycles. The molecule has 0 saturated heterocycles. The van der Waals surface area contributed by atoms with Crippen LogP contribution in [0.1, 0.15) is 49.5 Å². The van der Waals surface area contributed by atoms with Crippen molar-refractivity contribution in [2.45, 2.75) is 51.5 Å². The van der Waals surface area contributed by atoms with Crippen molar-refractivity contribution < 1.29 is 40.5 Å². The van der Waals surface area contributed by atoms with E-state index >= 15 is 0 Å². The van der Waals surface area contributed by atoms with Gasteiger partial charge in [0.25, 0.3) is 5.91 Å². The van der Waals surface area contributed by atoms with E-state index in [0.717, 1.165) is 6.07 Å². The van der Waals surface area contributed by atoms with Gasteiger partial charge in [-0.1, -0.05) is 0 Å². The van der Waals surface area contributed by atoms with Crippen molar-refractivity contribution in [2.75, 3.05) is 12.0 Å². The molecule has 0 saturated carbocycles. The maximum absolute atomic E-state index is 13.0. The van der Waals surface area contributed by atoms with Crippen LogP contribution in [0, 0.1) is 0 Å². The first-order valence-corrected chi connectivity index (χ1v) is 8.53. The second kappa shape index (κ2) is 8.37. The first kappa shape index (κ1) is 24.4. The predicted octanol–water partition coefficient (Wildman–Crippen LogP) is 4.95. The smallest absolute Gasteiger partial charge is 0.352 e. The van der Waals surface area contributed by atoms with Gasteiger partial charge in [-0.25, -0.2) is 0 Å². The molecule has 0 spiro atoms. The van der Waals surface area contributed by atoms with E-state index in [1.54, 1.807) is 0 Å². The number of anilines is 1. The molecule has 0 heterocycles. The number of hydrogen-bond acceptors (Lipinski definition) is 4. The molecule has 0 bridgehead atoms. The van der Waals surface area contributed by atoms with Crippen LogP contribution < -0.4 is 10.7 Å². The third-order valence-corrected chi connectivity index (χ3v) is 4.43. The second-order valence-corrected chi connectivity index (χ2v) is 7.70. The fourth-order valence-electron chi connectivity index (χ4n) is 1.93. The third-order valence-electron chi connectivity index (χ3n) is 3.73. The van der Waals surface area contributed by atoms with Crippen LogP contribution in [-0.4, -0.2) is 33.5 Å². The number of nitrogens with one attached hydrogen (secondary N) is 2. The molecule has 5 nitrogen and oxygen atoms in total. The Kier molecular flexibility index (Phi) is 7.29. The van der Waals surface area contributed by atoms with Crippen LogP contribution in [0.15, 0.2) is 18.2 Å². The molecule has 0 radical (unpaired) electrons. The number of thiol groups is 1. The maximum Gasteiger partial charge on any atom is 0.416 e. The highest BCUT2D eigenvalue weighted by Crippen LogP contribution is 2.34. The normalized spacial score (nSPS) is 15.1. The minimum absolute atomic E-state index is 0.283. The topological polar surface area (TPSA) is 61.4 Å². The van der Waals surface area contributed by atoms with Crippen LogP contribution >= 0.6 is 12.8 Å². The summed E-state index contributed by atoms with van der Waals surface area (Å²) in [5.74, 6) is -0.888. The molecule has 28 heavy (non-hydrogen) atoms. The molecular formula is C16H22F6N3O2S+. The zero-order chi connectivity index (χ0) is 22.0. The largest absolute Gasteiger partial charge is 0.416 e. The van der Waals surface area contributed by atoms with Crippen LogP contribution in [0.2, 0.25) is 0 Å². The van der Waals surface area contributed by atoms with Gasteiger partial charge in [0.1, 0.15) is 18.5 Å². The first-order valence-electron chi connectivity index (χ1n) is 8.13. The minimum Gasteiger partial charge on any atom is -0.352 e. The molecule has 0 aliphatic carbocycles. The average molecular weight is 434 g/mol. The van der Waals surface area contributed by atoms with Crippen molar-refractivity contribution in [1.82, 2.24) is 5.32 Å². The molecule has 0 aliphatic heterocycles. The zero-order valence-corrected chi connectivity index (χ0v) is 16.3. The summed E-state index contributed by atoms with van der Waals surface area (Å²) in [6.45, 7) is 4.30. The van der Waals surface area contributed by atoms with Gasteiger partial charge in [-0.15, -0.1) is 0 Å². The highest BCUT2D eigenvalue weighted by molar-refractivity contribution is 7.74. The molecule has 1 unspecified atom stereocenters. The van der Waals surface area contributed by atoms with Crippen molar-refractivity contribution in [3.8, 4) is 0 Å². The highest BCUT2D eigenvalue weighted by Gasteiger charge is 2.40. The molecule has 12 heteroatoms. The molecular weight excluding hydrogens is 412 g/mol. The van der Waals surface area contributed by atoms with Gasteiger partial charge in [-0.05, 0) is 49.6 Å². The summed E-state index contributed by atoms with van der Waals surface area (Å²) in [7, 11) is 0. The monoisotopic (exact) mass is 434 g/mol. The van der Waals surface area contributed by atoms with Gasteiger partial charge in [0.2, 0.25) is 0 Å². The number of carbonyl (C=O) groups excluding carboxylic acids is 1. The van der Waals surface area contributed by atoms with Crippen molar-refractivity contribution in [3.63, 3.8) is 0 Å². The molecule has 1 rings (SSSR count). The lowest BCUT2D eigenvalue weighted by molar-refractivity contribution is -1.01. The van der Waals surface area contributed by atoms with Gasteiger partial charge in [0.05, 0.1) is 11.1 Å². The van der Waals surface area contributed by atoms with Crippen LogP contribution in [0.4, 0.5) is 32.0 Å². The third kappa shape index (κ3) is 7.06. The fourth-order valence-corrected chi connectivity index (χ4v) is 2.04. The Labute approximate surface area is 163 Å². The van der Waals surface area contributed by atoms with Gasteiger partial charge in [-0.3, -0.25) is 4.79 Å². The summed E-state index contributed by atoms with van der Waals surface area (Å²) in [5.41, 5.74) is -0.390. The Morgan fingerprint density at radius 1 is 1.14 bits per heavy atom. The van der Waals surface area contributed by atoms with Crippen LogP contribution in [0.5, 0.6) is 0 Å². The molecule has 0 fully saturated rings. The Morgan fingerprint density at radius 3 is 2.18 bits per heavy atom. The minimum atomic E-state index is -4.71. The summed E-state index contributed by atoms with van der Waals surface area (Å²) >= 11 is 3.96. The van der Waals surface area contributed by atoms with Gasteiger partial charge in [0, 0.05) is 13.0 Å². The molecule has 1 aromatic rings. The number of alkyl halides is 6. The van der Waals surface area contributed by atoms with Gasteiger partial charge < -0.3 is 5.32 Å². The van der Waals surface area contributed by atoms with Crippen molar-refractivity contribution in [1.29, 1.82) is 0 Å². The van der Waals surface area contributed by atoms with Gasteiger partial charge >= 0.3 is 12.4 Å². The quantitative estimate of drug-likeness (QED) is 0.168. The number of halogens is 6. The van der Waals surface area contributed by atoms with Crippen LogP contribution in [0.3, 0.4) is 0 Å². The summed E-state index contributed by atoms with van der Waals surface area (Å²) in [5, 5.41) is 12.6. The number of amides is 1. The standard InChI is InChI=1S/C16H21F6N3O2S/c1-14(2,3)25(27,28)24-12-9-10(16(20,21)22)5-6-11(12)13(26)23-8-4-7-15(17,18)19/h5-6,9,27-28H,4,7-8H2,1-3H3,(H-,23,24,26)/p+1. The van der Waals surface area contributed by atoms with E-state index in [0.29, 0.717) is 12.1 Å². The second-order valence-electron chi connectivity index (χ2n) is 7.12. The lowest BCUT2D eigenvalue weighted by atomic mass is 10.1. The van der Waals surface area contributed by atoms with E-state index in [1.807, 2.05) is 0 Å². The number of benzene rings is 1. The Balaban J connectivity index is 3.11. The van der Waals surface area contributed by atoms with Crippen LogP contribution in [0.25, 0.3) is 0 Å².